The molecular weight excluding hydrogens is 242 g/mol. The molecule has 2 atom stereocenters. The minimum atomic E-state index is 0.298. The monoisotopic (exact) mass is 259 g/mol. The minimum Gasteiger partial charge on any atom is -0.375 e. The van der Waals surface area contributed by atoms with Gasteiger partial charge in [-0.2, -0.15) is 0 Å². The normalized spacial score (nSPS) is 20.4. The first-order valence-electron chi connectivity index (χ1n) is 6.29. The Hall–Kier alpha value is -1.16. The SMILES string of the molecule is CC(NC1COCc2ccccc21)c1cccs1. The second kappa shape index (κ2) is 5.22. The van der Waals surface area contributed by atoms with Crippen LogP contribution in [0.25, 0.3) is 0 Å². The average molecular weight is 259 g/mol. The highest BCUT2D eigenvalue weighted by Gasteiger charge is 2.22. The molecule has 2 nitrogen and oxygen atoms in total. The Balaban J connectivity index is 1.78. The molecule has 18 heavy (non-hydrogen) atoms. The maximum Gasteiger partial charge on any atom is 0.0721 e. The Morgan fingerprint density at radius 1 is 1.28 bits per heavy atom. The van der Waals surface area contributed by atoms with E-state index in [-0.39, 0.29) is 0 Å². The fraction of sp³-hybridized carbons (Fsp3) is 0.333. The third kappa shape index (κ3) is 2.34. The summed E-state index contributed by atoms with van der Waals surface area (Å²) in [6.45, 7) is 3.71. The maximum atomic E-state index is 5.67. The molecule has 1 N–H and O–H groups in total. The van der Waals surface area contributed by atoms with E-state index in [2.05, 4.69) is 54.0 Å². The van der Waals surface area contributed by atoms with E-state index in [1.165, 1.54) is 16.0 Å². The smallest absolute Gasteiger partial charge is 0.0721 e. The molecule has 94 valence electrons. The highest BCUT2D eigenvalue weighted by molar-refractivity contribution is 7.10. The number of ether oxygens (including phenoxy) is 1. The Bertz CT molecular complexity index is 509. The number of nitrogens with one attached hydrogen (secondary N) is 1. The van der Waals surface area contributed by atoms with Crippen LogP contribution < -0.4 is 5.32 Å². The Morgan fingerprint density at radius 3 is 3.00 bits per heavy atom. The molecule has 0 saturated carbocycles. The van der Waals surface area contributed by atoms with Crippen LogP contribution in [-0.2, 0) is 11.3 Å². The minimum absolute atomic E-state index is 0.298. The molecule has 0 bridgehead atoms. The van der Waals surface area contributed by atoms with Crippen LogP contribution in [0.15, 0.2) is 41.8 Å². The molecule has 0 spiro atoms. The predicted octanol–water partition coefficient (Wildman–Crippen LogP) is 3.67. The highest BCUT2D eigenvalue weighted by Crippen LogP contribution is 2.28. The lowest BCUT2D eigenvalue weighted by Gasteiger charge is -2.29. The quantitative estimate of drug-likeness (QED) is 0.908. The Morgan fingerprint density at radius 2 is 2.17 bits per heavy atom. The van der Waals surface area contributed by atoms with E-state index in [9.17, 15) is 0 Å². The second-order valence-corrected chi connectivity index (χ2v) is 5.65. The van der Waals surface area contributed by atoms with Gasteiger partial charge in [-0.15, -0.1) is 11.3 Å². The summed E-state index contributed by atoms with van der Waals surface area (Å²) in [6, 6.07) is 13.5. The van der Waals surface area contributed by atoms with Crippen molar-refractivity contribution in [1.29, 1.82) is 0 Å². The van der Waals surface area contributed by atoms with Gasteiger partial charge in [-0.25, -0.2) is 0 Å². The van der Waals surface area contributed by atoms with Crippen LogP contribution >= 0.6 is 11.3 Å². The van der Waals surface area contributed by atoms with Crippen molar-refractivity contribution in [3.05, 3.63) is 57.8 Å². The van der Waals surface area contributed by atoms with Crippen molar-refractivity contribution < 1.29 is 4.74 Å². The first kappa shape index (κ1) is 11.9. The van der Waals surface area contributed by atoms with Gasteiger partial charge in [0.25, 0.3) is 0 Å². The van der Waals surface area contributed by atoms with E-state index in [4.69, 9.17) is 4.74 Å². The second-order valence-electron chi connectivity index (χ2n) is 4.67. The van der Waals surface area contributed by atoms with Crippen LogP contribution in [-0.4, -0.2) is 6.61 Å². The molecule has 2 heterocycles. The molecule has 0 aliphatic carbocycles. The molecular formula is C15H17NOS. The Labute approximate surface area is 112 Å². The van der Waals surface area contributed by atoms with Crippen molar-refractivity contribution in [2.75, 3.05) is 6.61 Å². The van der Waals surface area contributed by atoms with E-state index < -0.39 is 0 Å². The summed E-state index contributed by atoms with van der Waals surface area (Å²) < 4.78 is 5.67. The molecule has 0 radical (unpaired) electrons. The summed E-state index contributed by atoms with van der Waals surface area (Å²) in [5, 5.41) is 5.79. The molecule has 3 heteroatoms. The first-order valence-corrected chi connectivity index (χ1v) is 7.17. The molecule has 3 rings (SSSR count). The standard InChI is InChI=1S/C15H17NOS/c1-11(15-7-4-8-18-15)16-14-10-17-9-12-5-2-3-6-13(12)14/h2-8,11,14,16H,9-10H2,1H3. The summed E-state index contributed by atoms with van der Waals surface area (Å²) in [5.41, 5.74) is 2.69. The van der Waals surface area contributed by atoms with Gasteiger partial charge in [0, 0.05) is 10.9 Å². The number of thiophene rings is 1. The van der Waals surface area contributed by atoms with Gasteiger partial charge >= 0.3 is 0 Å². The van der Waals surface area contributed by atoms with Crippen LogP contribution in [0.2, 0.25) is 0 Å². The van der Waals surface area contributed by atoms with Gasteiger partial charge in [-0.1, -0.05) is 30.3 Å². The molecule has 1 aromatic carbocycles. The van der Waals surface area contributed by atoms with Crippen LogP contribution in [0.1, 0.15) is 35.0 Å². The summed E-state index contributed by atoms with van der Waals surface area (Å²) in [6.07, 6.45) is 0. The third-order valence-corrected chi connectivity index (χ3v) is 4.45. The molecule has 2 aromatic rings. The van der Waals surface area contributed by atoms with Gasteiger partial charge < -0.3 is 10.1 Å². The number of hydrogen-bond donors (Lipinski definition) is 1. The van der Waals surface area contributed by atoms with Crippen LogP contribution in [0.3, 0.4) is 0 Å². The zero-order valence-electron chi connectivity index (χ0n) is 10.4. The maximum absolute atomic E-state index is 5.67. The van der Waals surface area contributed by atoms with Crippen molar-refractivity contribution >= 4 is 11.3 Å². The molecule has 1 aromatic heterocycles. The fourth-order valence-corrected chi connectivity index (χ4v) is 3.19. The van der Waals surface area contributed by atoms with Crippen molar-refractivity contribution in [1.82, 2.24) is 5.32 Å². The van der Waals surface area contributed by atoms with E-state index >= 15 is 0 Å². The van der Waals surface area contributed by atoms with Gasteiger partial charge in [0.15, 0.2) is 0 Å². The van der Waals surface area contributed by atoms with Gasteiger partial charge in [-0.3, -0.25) is 0 Å². The van der Waals surface area contributed by atoms with Crippen LogP contribution in [0, 0.1) is 0 Å². The van der Waals surface area contributed by atoms with E-state index in [1.54, 1.807) is 11.3 Å². The Kier molecular flexibility index (Phi) is 3.46. The van der Waals surface area contributed by atoms with E-state index in [1.807, 2.05) is 0 Å². The summed E-state index contributed by atoms with van der Waals surface area (Å²) >= 11 is 1.80. The lowest BCUT2D eigenvalue weighted by Crippen LogP contribution is -2.31. The number of fused-ring (bicyclic) bond motifs is 1. The highest BCUT2D eigenvalue weighted by atomic mass is 32.1. The van der Waals surface area contributed by atoms with Crippen molar-refractivity contribution in [3.8, 4) is 0 Å². The topological polar surface area (TPSA) is 21.3 Å². The molecule has 0 amide bonds. The number of hydrogen-bond acceptors (Lipinski definition) is 3. The molecule has 2 unspecified atom stereocenters. The van der Waals surface area contributed by atoms with Crippen LogP contribution in [0.5, 0.6) is 0 Å². The number of rotatable bonds is 3. The predicted molar refractivity (Wildman–Crippen MR) is 74.7 cm³/mol. The summed E-state index contributed by atoms with van der Waals surface area (Å²) in [4.78, 5) is 1.37. The van der Waals surface area contributed by atoms with Crippen molar-refractivity contribution in [2.45, 2.75) is 25.6 Å². The molecule has 1 aliphatic heterocycles. The van der Waals surface area contributed by atoms with E-state index in [0.29, 0.717) is 12.1 Å². The molecule has 0 fully saturated rings. The van der Waals surface area contributed by atoms with Crippen LogP contribution in [0.4, 0.5) is 0 Å². The van der Waals surface area contributed by atoms with Crippen molar-refractivity contribution in [2.24, 2.45) is 0 Å². The fourth-order valence-electron chi connectivity index (χ4n) is 2.44. The first-order chi connectivity index (χ1) is 8.84. The molecule has 0 saturated heterocycles. The zero-order valence-corrected chi connectivity index (χ0v) is 11.2. The third-order valence-electron chi connectivity index (χ3n) is 3.39. The number of benzene rings is 1. The summed E-state index contributed by atoms with van der Waals surface area (Å²) in [5.74, 6) is 0. The zero-order chi connectivity index (χ0) is 12.4. The van der Waals surface area contributed by atoms with Gasteiger partial charge in [0.05, 0.1) is 19.3 Å². The summed E-state index contributed by atoms with van der Waals surface area (Å²) in [7, 11) is 0. The lowest BCUT2D eigenvalue weighted by molar-refractivity contribution is 0.0792. The van der Waals surface area contributed by atoms with Gasteiger partial charge in [0.2, 0.25) is 0 Å². The van der Waals surface area contributed by atoms with E-state index in [0.717, 1.165) is 13.2 Å². The van der Waals surface area contributed by atoms with Gasteiger partial charge in [0.1, 0.15) is 0 Å². The molecule has 1 aliphatic rings. The largest absolute Gasteiger partial charge is 0.375 e. The average Bonchev–Trinajstić information content (AvgIpc) is 2.93. The lowest BCUT2D eigenvalue weighted by atomic mass is 9.98. The van der Waals surface area contributed by atoms with Crippen molar-refractivity contribution in [3.63, 3.8) is 0 Å². The van der Waals surface area contributed by atoms with Gasteiger partial charge in [-0.05, 0) is 29.5 Å².